The Hall–Kier alpha value is -1.90. The maximum Gasteiger partial charge on any atom is 0.249 e. The van der Waals surface area contributed by atoms with E-state index in [9.17, 15) is 14.4 Å². The quantitative estimate of drug-likeness (QED) is 0.545. The van der Waals surface area contributed by atoms with Crippen LogP contribution in [0.2, 0.25) is 0 Å². The summed E-state index contributed by atoms with van der Waals surface area (Å²) in [5.74, 6) is -2.41. The molecule has 0 aliphatic carbocycles. The zero-order valence-corrected chi connectivity index (χ0v) is 11.6. The molecule has 8 nitrogen and oxygen atoms in total. The fraction of sp³-hybridized carbons (Fsp3) is 0.400. The molecular formula is C10H14BrN5O3. The summed E-state index contributed by atoms with van der Waals surface area (Å²) < 4.78 is 2.51. The van der Waals surface area contributed by atoms with Crippen LogP contribution in [0.4, 0.5) is 0 Å². The van der Waals surface area contributed by atoms with Gasteiger partial charge in [-0.1, -0.05) is 0 Å². The first-order valence-electron chi connectivity index (χ1n) is 5.46. The summed E-state index contributed by atoms with van der Waals surface area (Å²) in [6.45, 7) is 0.539. The Morgan fingerprint density at radius 1 is 1.37 bits per heavy atom. The molecule has 0 aromatic carbocycles. The van der Waals surface area contributed by atoms with E-state index >= 15 is 0 Å². The van der Waals surface area contributed by atoms with Crippen molar-refractivity contribution in [3.8, 4) is 0 Å². The van der Waals surface area contributed by atoms with Gasteiger partial charge >= 0.3 is 0 Å². The molecule has 0 aliphatic heterocycles. The Bertz CT molecular complexity index is 473. The summed E-state index contributed by atoms with van der Waals surface area (Å²) in [5.41, 5.74) is 9.87. The first-order chi connectivity index (χ1) is 8.90. The highest BCUT2D eigenvalue weighted by molar-refractivity contribution is 9.10. The Morgan fingerprint density at radius 3 is 2.47 bits per heavy atom. The number of nitrogens with two attached hydrogens (primary N) is 2. The minimum atomic E-state index is -1.47. The Labute approximate surface area is 117 Å². The number of carbonyl (C=O) groups excluding carboxylic acids is 3. The summed E-state index contributed by atoms with van der Waals surface area (Å²) in [6.07, 6.45) is 4.04. The third-order valence-corrected chi connectivity index (χ3v) is 2.68. The summed E-state index contributed by atoms with van der Waals surface area (Å²) in [5, 5.41) is 6.20. The predicted molar refractivity (Wildman–Crippen MR) is 69.5 cm³/mol. The molecule has 0 radical (unpaired) electrons. The third-order valence-electron chi connectivity index (χ3n) is 2.27. The highest BCUT2D eigenvalue weighted by Gasteiger charge is 2.23. The van der Waals surface area contributed by atoms with Gasteiger partial charge in [-0.15, -0.1) is 0 Å². The molecule has 19 heavy (non-hydrogen) atoms. The van der Waals surface area contributed by atoms with Gasteiger partial charge in [0.2, 0.25) is 17.7 Å². The van der Waals surface area contributed by atoms with E-state index in [2.05, 4.69) is 26.3 Å². The number of nitrogens with zero attached hydrogens (tertiary/aromatic N) is 2. The van der Waals surface area contributed by atoms with Gasteiger partial charge in [-0.25, -0.2) is 0 Å². The lowest BCUT2D eigenvalue weighted by atomic mass is 10.2. The second-order valence-electron chi connectivity index (χ2n) is 3.83. The maximum absolute atomic E-state index is 11.5. The van der Waals surface area contributed by atoms with E-state index in [1.807, 2.05) is 0 Å². The normalized spacial score (nSPS) is 10.4. The van der Waals surface area contributed by atoms with E-state index in [-0.39, 0.29) is 6.42 Å². The number of aromatic nitrogens is 2. The van der Waals surface area contributed by atoms with Crippen molar-refractivity contribution in [1.29, 1.82) is 0 Å². The van der Waals surface area contributed by atoms with Gasteiger partial charge in [-0.05, 0) is 22.4 Å². The Balaban J connectivity index is 2.35. The van der Waals surface area contributed by atoms with Crippen LogP contribution in [-0.4, -0.2) is 33.5 Å². The van der Waals surface area contributed by atoms with Crippen LogP contribution in [0.1, 0.15) is 12.8 Å². The van der Waals surface area contributed by atoms with Gasteiger partial charge < -0.3 is 16.8 Å². The molecule has 0 saturated carbocycles. The summed E-state index contributed by atoms with van der Waals surface area (Å²) in [7, 11) is 0. The van der Waals surface area contributed by atoms with Crippen LogP contribution in [-0.2, 0) is 20.9 Å². The smallest absolute Gasteiger partial charge is 0.249 e. The molecule has 104 valence electrons. The number of amides is 3. The second-order valence-corrected chi connectivity index (χ2v) is 4.75. The number of hydrogen-bond donors (Lipinski definition) is 3. The van der Waals surface area contributed by atoms with E-state index in [4.69, 9.17) is 11.5 Å². The highest BCUT2D eigenvalue weighted by Crippen LogP contribution is 2.06. The average Bonchev–Trinajstić information content (AvgIpc) is 2.71. The van der Waals surface area contributed by atoms with Crippen LogP contribution in [0.3, 0.4) is 0 Å². The number of nitrogens with one attached hydrogen (secondary N) is 1. The maximum atomic E-state index is 11.5. The number of primary amides is 2. The summed E-state index contributed by atoms with van der Waals surface area (Å²) >= 11 is 3.25. The van der Waals surface area contributed by atoms with Gasteiger partial charge in [0, 0.05) is 19.2 Å². The molecular weight excluding hydrogens is 318 g/mol. The number of aryl methyl sites for hydroxylation is 1. The largest absolute Gasteiger partial charge is 0.367 e. The lowest BCUT2D eigenvalue weighted by Crippen LogP contribution is -2.52. The Morgan fingerprint density at radius 2 is 2.00 bits per heavy atom. The van der Waals surface area contributed by atoms with Crippen molar-refractivity contribution >= 4 is 33.7 Å². The van der Waals surface area contributed by atoms with Crippen molar-refractivity contribution < 1.29 is 14.4 Å². The molecule has 1 aromatic rings. The van der Waals surface area contributed by atoms with Gasteiger partial charge in [-0.3, -0.25) is 19.1 Å². The fourth-order valence-corrected chi connectivity index (χ4v) is 1.71. The minimum Gasteiger partial charge on any atom is -0.367 e. The third kappa shape index (κ3) is 5.08. The van der Waals surface area contributed by atoms with E-state index < -0.39 is 23.8 Å². The fourth-order valence-electron chi connectivity index (χ4n) is 1.38. The van der Waals surface area contributed by atoms with Crippen molar-refractivity contribution in [3.63, 3.8) is 0 Å². The molecule has 1 heterocycles. The van der Waals surface area contributed by atoms with Crippen molar-refractivity contribution in [1.82, 2.24) is 15.1 Å². The molecule has 5 N–H and O–H groups in total. The number of carbonyl (C=O) groups is 3. The first-order valence-corrected chi connectivity index (χ1v) is 6.25. The van der Waals surface area contributed by atoms with Gasteiger partial charge in [0.15, 0.2) is 6.04 Å². The van der Waals surface area contributed by atoms with Gasteiger partial charge in [0.25, 0.3) is 0 Å². The highest BCUT2D eigenvalue weighted by atomic mass is 79.9. The van der Waals surface area contributed by atoms with Crippen molar-refractivity contribution in [2.24, 2.45) is 11.5 Å². The van der Waals surface area contributed by atoms with E-state index in [1.54, 1.807) is 17.1 Å². The first kappa shape index (κ1) is 15.2. The lowest BCUT2D eigenvalue weighted by Gasteiger charge is -2.11. The van der Waals surface area contributed by atoms with Crippen LogP contribution in [0.5, 0.6) is 0 Å². The molecule has 1 rings (SSSR count). The van der Waals surface area contributed by atoms with Crippen molar-refractivity contribution in [2.45, 2.75) is 25.4 Å². The molecule has 3 amide bonds. The van der Waals surface area contributed by atoms with Crippen LogP contribution >= 0.6 is 15.9 Å². The predicted octanol–water partition coefficient (Wildman–Crippen LogP) is -1.12. The summed E-state index contributed by atoms with van der Waals surface area (Å²) in [6, 6.07) is -1.47. The SMILES string of the molecule is NC(=O)C(NC(=O)CCCn1cc(Br)cn1)C(N)=O. The van der Waals surface area contributed by atoms with Crippen molar-refractivity contribution in [3.05, 3.63) is 16.9 Å². The molecule has 0 fully saturated rings. The molecule has 1 aromatic heterocycles. The molecule has 0 spiro atoms. The molecule has 0 unspecified atom stereocenters. The standard InChI is InChI=1S/C10H14BrN5O3/c11-6-4-14-16(5-6)3-1-2-7(17)15-8(9(12)18)10(13)19/h4-5,8H,1-3H2,(H2,12,18)(H2,13,19)(H,15,17). The molecule has 0 atom stereocenters. The van der Waals surface area contributed by atoms with E-state index in [0.29, 0.717) is 13.0 Å². The van der Waals surface area contributed by atoms with Crippen LogP contribution in [0, 0.1) is 0 Å². The molecule has 0 saturated heterocycles. The molecule has 0 aliphatic rings. The molecule has 9 heteroatoms. The monoisotopic (exact) mass is 331 g/mol. The van der Waals surface area contributed by atoms with E-state index in [0.717, 1.165) is 4.47 Å². The zero-order chi connectivity index (χ0) is 14.4. The van der Waals surface area contributed by atoms with Crippen LogP contribution < -0.4 is 16.8 Å². The minimum absolute atomic E-state index is 0.133. The average molecular weight is 332 g/mol. The van der Waals surface area contributed by atoms with Gasteiger partial charge in [0.05, 0.1) is 10.7 Å². The Kier molecular flexibility index (Phi) is 5.49. The van der Waals surface area contributed by atoms with Gasteiger partial charge in [0.1, 0.15) is 0 Å². The number of halogens is 1. The topological polar surface area (TPSA) is 133 Å². The second kappa shape index (κ2) is 6.88. The lowest BCUT2D eigenvalue weighted by molar-refractivity contribution is -0.134. The van der Waals surface area contributed by atoms with Crippen LogP contribution in [0.15, 0.2) is 16.9 Å². The zero-order valence-electron chi connectivity index (χ0n) is 10.0. The van der Waals surface area contributed by atoms with Crippen LogP contribution in [0.25, 0.3) is 0 Å². The summed E-state index contributed by atoms with van der Waals surface area (Å²) in [4.78, 5) is 33.2. The van der Waals surface area contributed by atoms with Crippen molar-refractivity contribution in [2.75, 3.05) is 0 Å². The molecule has 0 bridgehead atoms. The van der Waals surface area contributed by atoms with Gasteiger partial charge in [-0.2, -0.15) is 5.10 Å². The number of hydrogen-bond acceptors (Lipinski definition) is 4. The van der Waals surface area contributed by atoms with E-state index in [1.165, 1.54) is 0 Å². The number of rotatable bonds is 7.